The Balaban J connectivity index is 1.49. The van der Waals surface area contributed by atoms with Crippen LogP contribution in [0.3, 0.4) is 0 Å². The van der Waals surface area contributed by atoms with E-state index in [9.17, 15) is 14.0 Å². The van der Waals surface area contributed by atoms with E-state index in [-0.39, 0.29) is 23.9 Å². The fraction of sp³-hybridized carbons (Fsp3) is 0.172. The summed E-state index contributed by atoms with van der Waals surface area (Å²) in [6.07, 6.45) is 6.28. The molecule has 7 nitrogen and oxygen atoms in total. The molecule has 0 radical (unpaired) electrons. The Morgan fingerprint density at radius 3 is 2.54 bits per heavy atom. The minimum Gasteiger partial charge on any atom is -0.370 e. The van der Waals surface area contributed by atoms with Crippen molar-refractivity contribution >= 4 is 34.5 Å². The molecule has 0 aliphatic carbocycles. The lowest BCUT2D eigenvalue weighted by molar-refractivity contribution is -0.119. The molecule has 1 fully saturated rings. The van der Waals surface area contributed by atoms with Crippen LogP contribution in [-0.2, 0) is 9.59 Å². The molecular formula is C29H24FN5O2. The average Bonchev–Trinajstić information content (AvgIpc) is 3.40. The highest BCUT2D eigenvalue weighted by Gasteiger charge is 2.25. The molecule has 0 unspecified atom stereocenters. The number of nitrogens with zero attached hydrogens (tertiary/aromatic N) is 4. The monoisotopic (exact) mass is 493 g/mol. The second-order valence-corrected chi connectivity index (χ2v) is 9.20. The smallest absolute Gasteiger partial charge is 0.230 e. The van der Waals surface area contributed by atoms with E-state index in [0.717, 1.165) is 16.9 Å². The van der Waals surface area contributed by atoms with Gasteiger partial charge >= 0.3 is 0 Å². The van der Waals surface area contributed by atoms with E-state index in [2.05, 4.69) is 15.2 Å². The molecule has 4 aromatic rings. The molecule has 0 saturated carbocycles. The number of amides is 1. The topological polar surface area (TPSA) is 79.6 Å². The Labute approximate surface area is 213 Å². The number of nitrogens with one attached hydrogen (secondary N) is 1. The molecule has 37 heavy (non-hydrogen) atoms. The molecule has 3 aromatic carbocycles. The Kier molecular flexibility index (Phi) is 5.84. The lowest BCUT2D eigenvalue weighted by Gasteiger charge is -2.31. The summed E-state index contributed by atoms with van der Waals surface area (Å²) in [6.45, 7) is 1.10. The van der Waals surface area contributed by atoms with Crippen molar-refractivity contribution in [3.05, 3.63) is 90.8 Å². The fourth-order valence-electron chi connectivity index (χ4n) is 4.88. The minimum atomic E-state index is -0.350. The number of hydrogen-bond acceptors (Lipinski definition) is 5. The zero-order valence-electron chi connectivity index (χ0n) is 20.0. The molecule has 2 aliphatic rings. The Morgan fingerprint density at radius 1 is 0.919 bits per heavy atom. The zero-order valence-corrected chi connectivity index (χ0v) is 20.0. The number of piperidine rings is 1. The standard InChI is InChI=1S/C29H24FN5O2/c30-24-7-2-1-6-22(24)23-15-26-27(16-28(23)34-11-8-21(36)9-12-34)32-25(17-29(37)33-26)19-4-3-5-20(14-19)35-13-10-31-18-35/h1-7,10,13-16,18H,8-9,11-12,17H2,(H,33,37). The third-order valence-corrected chi connectivity index (χ3v) is 6.78. The summed E-state index contributed by atoms with van der Waals surface area (Å²) >= 11 is 0. The van der Waals surface area contributed by atoms with Crippen LogP contribution in [0.5, 0.6) is 0 Å². The van der Waals surface area contributed by atoms with E-state index >= 15 is 0 Å². The first-order valence-corrected chi connectivity index (χ1v) is 12.2. The minimum absolute atomic E-state index is 0.102. The molecule has 6 rings (SSSR count). The average molecular weight is 494 g/mol. The highest BCUT2D eigenvalue weighted by molar-refractivity contribution is 6.17. The molecule has 0 bridgehead atoms. The van der Waals surface area contributed by atoms with Crippen LogP contribution in [0, 0.1) is 5.82 Å². The van der Waals surface area contributed by atoms with Crippen LogP contribution in [0.4, 0.5) is 21.5 Å². The van der Waals surface area contributed by atoms with Crippen molar-refractivity contribution in [1.29, 1.82) is 0 Å². The predicted octanol–water partition coefficient (Wildman–Crippen LogP) is 5.31. The Hall–Kier alpha value is -4.59. The van der Waals surface area contributed by atoms with E-state index in [1.54, 1.807) is 36.8 Å². The molecule has 1 aromatic heterocycles. The summed E-state index contributed by atoms with van der Waals surface area (Å²) in [6, 6.07) is 18.1. The maximum absolute atomic E-state index is 14.9. The number of carbonyl (C=O) groups excluding carboxylic acids is 2. The Bertz CT molecular complexity index is 1530. The van der Waals surface area contributed by atoms with Gasteiger partial charge in [0, 0.05) is 60.8 Å². The number of rotatable bonds is 4. The van der Waals surface area contributed by atoms with E-state index in [1.165, 1.54) is 6.07 Å². The molecule has 0 atom stereocenters. The highest BCUT2D eigenvalue weighted by Crippen LogP contribution is 2.42. The summed E-state index contributed by atoms with van der Waals surface area (Å²) in [4.78, 5) is 36.0. The van der Waals surface area contributed by atoms with Crippen LogP contribution in [0.2, 0.25) is 0 Å². The molecule has 0 spiro atoms. The third kappa shape index (κ3) is 4.53. The molecule has 3 heterocycles. The first kappa shape index (κ1) is 22.8. The van der Waals surface area contributed by atoms with Gasteiger partial charge in [-0.05, 0) is 35.9 Å². The van der Waals surface area contributed by atoms with E-state index < -0.39 is 0 Å². The predicted molar refractivity (Wildman–Crippen MR) is 141 cm³/mol. The van der Waals surface area contributed by atoms with Crippen molar-refractivity contribution in [3.8, 4) is 16.8 Å². The van der Waals surface area contributed by atoms with Crippen molar-refractivity contribution in [2.45, 2.75) is 19.3 Å². The van der Waals surface area contributed by atoms with E-state index in [0.29, 0.717) is 54.1 Å². The number of hydrogen-bond donors (Lipinski definition) is 1. The van der Waals surface area contributed by atoms with Gasteiger partial charge in [-0.25, -0.2) is 9.37 Å². The van der Waals surface area contributed by atoms with Crippen LogP contribution in [0.15, 0.2) is 84.4 Å². The van der Waals surface area contributed by atoms with E-state index in [4.69, 9.17) is 4.99 Å². The number of aliphatic imine (C=N–C) groups is 1. The normalized spacial score (nSPS) is 15.6. The Morgan fingerprint density at radius 2 is 1.76 bits per heavy atom. The fourth-order valence-corrected chi connectivity index (χ4v) is 4.88. The number of Topliss-reactive ketones (excluding diaryl/α,β-unsaturated/α-hetero) is 1. The number of fused-ring (bicyclic) bond motifs is 1. The largest absolute Gasteiger partial charge is 0.370 e. The summed E-state index contributed by atoms with van der Waals surface area (Å²) in [5.74, 6) is -0.317. The molecule has 184 valence electrons. The second kappa shape index (κ2) is 9.46. The van der Waals surface area contributed by atoms with Gasteiger partial charge in [-0.3, -0.25) is 14.6 Å². The van der Waals surface area contributed by atoms with Gasteiger partial charge in [0.1, 0.15) is 11.6 Å². The number of imidazole rings is 1. The quantitative estimate of drug-likeness (QED) is 0.418. The zero-order chi connectivity index (χ0) is 25.4. The van der Waals surface area contributed by atoms with Crippen LogP contribution < -0.4 is 10.2 Å². The van der Waals surface area contributed by atoms with Gasteiger partial charge in [0.2, 0.25) is 5.91 Å². The van der Waals surface area contributed by atoms with Crippen molar-refractivity contribution in [2.75, 3.05) is 23.3 Å². The lowest BCUT2D eigenvalue weighted by Crippen LogP contribution is -2.34. The van der Waals surface area contributed by atoms with Gasteiger partial charge < -0.3 is 14.8 Å². The highest BCUT2D eigenvalue weighted by atomic mass is 19.1. The first-order chi connectivity index (χ1) is 18.0. The maximum Gasteiger partial charge on any atom is 0.230 e. The van der Waals surface area contributed by atoms with E-state index in [1.807, 2.05) is 41.1 Å². The van der Waals surface area contributed by atoms with Gasteiger partial charge in [0.25, 0.3) is 0 Å². The van der Waals surface area contributed by atoms with Gasteiger partial charge in [0.05, 0.1) is 29.8 Å². The first-order valence-electron chi connectivity index (χ1n) is 12.2. The second-order valence-electron chi connectivity index (χ2n) is 9.20. The molecule has 1 saturated heterocycles. The molecule has 1 amide bonds. The number of ketones is 1. The van der Waals surface area contributed by atoms with Crippen LogP contribution >= 0.6 is 0 Å². The number of halogens is 1. The van der Waals surface area contributed by atoms with Crippen molar-refractivity contribution in [2.24, 2.45) is 4.99 Å². The summed E-state index contributed by atoms with van der Waals surface area (Å²) in [5, 5.41) is 2.97. The molecule has 8 heteroatoms. The van der Waals surface area contributed by atoms with Gasteiger partial charge in [-0.2, -0.15) is 0 Å². The van der Waals surface area contributed by atoms with Crippen LogP contribution in [0.25, 0.3) is 16.8 Å². The SMILES string of the molecule is O=C1CCN(c2cc3c(cc2-c2ccccc2F)NC(=O)CC(c2cccc(-n4ccnc4)c2)=N3)CC1. The van der Waals surface area contributed by atoms with Gasteiger partial charge in [-0.15, -0.1) is 0 Å². The third-order valence-electron chi connectivity index (χ3n) is 6.78. The summed E-state index contributed by atoms with van der Waals surface area (Å²) < 4.78 is 16.8. The van der Waals surface area contributed by atoms with Crippen molar-refractivity contribution in [3.63, 3.8) is 0 Å². The molecule has 2 aliphatic heterocycles. The maximum atomic E-state index is 14.9. The molecule has 1 N–H and O–H groups in total. The summed E-state index contributed by atoms with van der Waals surface area (Å²) in [7, 11) is 0. The number of aromatic nitrogens is 2. The van der Waals surface area contributed by atoms with Crippen LogP contribution in [-0.4, -0.2) is 40.0 Å². The number of carbonyl (C=O) groups is 2. The van der Waals surface area contributed by atoms with Crippen molar-refractivity contribution in [1.82, 2.24) is 9.55 Å². The van der Waals surface area contributed by atoms with Gasteiger partial charge in [-0.1, -0.05) is 30.3 Å². The molecular weight excluding hydrogens is 469 g/mol. The van der Waals surface area contributed by atoms with Crippen LogP contribution in [0.1, 0.15) is 24.8 Å². The lowest BCUT2D eigenvalue weighted by atomic mass is 9.98. The summed E-state index contributed by atoms with van der Waals surface area (Å²) in [5.41, 5.74) is 5.40. The number of anilines is 2. The van der Waals surface area contributed by atoms with Gasteiger partial charge in [0.15, 0.2) is 0 Å². The van der Waals surface area contributed by atoms with Crippen molar-refractivity contribution < 1.29 is 14.0 Å². The number of benzene rings is 3.